The molecule has 0 heterocycles. The van der Waals surface area contributed by atoms with Crippen molar-refractivity contribution in [3.05, 3.63) is 64.2 Å². The summed E-state index contributed by atoms with van der Waals surface area (Å²) in [6.07, 6.45) is 1.29. The van der Waals surface area contributed by atoms with Crippen LogP contribution >= 0.6 is 11.6 Å². The molecule has 2 aromatic rings. The van der Waals surface area contributed by atoms with Crippen molar-refractivity contribution in [1.29, 1.82) is 5.26 Å². The van der Waals surface area contributed by atoms with E-state index in [0.717, 1.165) is 5.56 Å². The summed E-state index contributed by atoms with van der Waals surface area (Å²) in [7, 11) is 1.26. The number of alkyl halides is 2. The van der Waals surface area contributed by atoms with E-state index in [0.29, 0.717) is 5.56 Å². The summed E-state index contributed by atoms with van der Waals surface area (Å²) in [5, 5.41) is 11.9. The van der Waals surface area contributed by atoms with Crippen LogP contribution in [-0.2, 0) is 4.79 Å². The fourth-order valence-electron chi connectivity index (χ4n) is 2.44. The van der Waals surface area contributed by atoms with Gasteiger partial charge in [0.2, 0.25) is 0 Å². The number of nitrogens with zero attached hydrogens (tertiary/aromatic N) is 1. The summed E-state index contributed by atoms with van der Waals surface area (Å²) in [6.45, 7) is -1.29. The highest BCUT2D eigenvalue weighted by molar-refractivity contribution is 6.32. The zero-order valence-corrected chi connectivity index (χ0v) is 15.8. The Bertz CT molecular complexity index is 912. The lowest BCUT2D eigenvalue weighted by atomic mass is 10.1. The van der Waals surface area contributed by atoms with Gasteiger partial charge in [0.1, 0.15) is 11.6 Å². The van der Waals surface area contributed by atoms with Gasteiger partial charge in [-0.1, -0.05) is 41.9 Å². The number of hydrogen-bond donors (Lipinski definition) is 1. The first-order valence-electron chi connectivity index (χ1n) is 8.15. The van der Waals surface area contributed by atoms with Crippen molar-refractivity contribution in [3.8, 4) is 17.6 Å². The zero-order chi connectivity index (χ0) is 20.7. The van der Waals surface area contributed by atoms with Gasteiger partial charge >= 0.3 is 6.61 Å². The molecular formula is C20H17ClF2N2O3. The van der Waals surface area contributed by atoms with E-state index in [1.54, 1.807) is 6.92 Å². The van der Waals surface area contributed by atoms with Crippen molar-refractivity contribution in [2.45, 2.75) is 19.6 Å². The molecule has 0 radical (unpaired) electrons. The van der Waals surface area contributed by atoms with Crippen molar-refractivity contribution in [3.63, 3.8) is 0 Å². The Morgan fingerprint density at radius 2 is 1.96 bits per heavy atom. The molecule has 0 aromatic heterocycles. The molecule has 1 atom stereocenters. The van der Waals surface area contributed by atoms with Crippen LogP contribution in [0.1, 0.15) is 24.1 Å². The zero-order valence-electron chi connectivity index (χ0n) is 15.1. The van der Waals surface area contributed by atoms with Crippen molar-refractivity contribution >= 4 is 23.6 Å². The Morgan fingerprint density at radius 1 is 1.29 bits per heavy atom. The van der Waals surface area contributed by atoms with E-state index in [1.807, 2.05) is 36.4 Å². The number of halogens is 3. The van der Waals surface area contributed by atoms with Crippen molar-refractivity contribution in [2.75, 3.05) is 7.11 Å². The minimum Gasteiger partial charge on any atom is -0.493 e. The summed E-state index contributed by atoms with van der Waals surface area (Å²) in [5.41, 5.74) is 1.03. The van der Waals surface area contributed by atoms with Gasteiger partial charge in [-0.15, -0.1) is 0 Å². The van der Waals surface area contributed by atoms with Gasteiger partial charge in [0.05, 0.1) is 18.2 Å². The molecule has 0 aliphatic carbocycles. The topological polar surface area (TPSA) is 71.3 Å². The largest absolute Gasteiger partial charge is 0.493 e. The number of ether oxygens (including phenoxy) is 2. The standard InChI is InChI=1S/C20H17ClF2N2O3/c1-12(14-6-4-3-5-7-14)25-19(26)15(11-24)8-13-9-16(21)18(28-20(22)23)17(10-13)27-2/h3-10,12,20H,1-2H3,(H,25,26)/b15-8+/t12-/m1/s1. The summed E-state index contributed by atoms with van der Waals surface area (Å²) in [5.74, 6) is -0.951. The van der Waals surface area contributed by atoms with Crippen LogP contribution in [0, 0.1) is 11.3 Å². The van der Waals surface area contributed by atoms with E-state index < -0.39 is 12.5 Å². The average molecular weight is 407 g/mol. The number of amides is 1. The van der Waals surface area contributed by atoms with Crippen LogP contribution in [0.15, 0.2) is 48.0 Å². The quantitative estimate of drug-likeness (QED) is 0.532. The van der Waals surface area contributed by atoms with Crippen LogP contribution in [0.5, 0.6) is 11.5 Å². The monoisotopic (exact) mass is 406 g/mol. The molecule has 0 saturated heterocycles. The normalized spacial score (nSPS) is 12.2. The minimum absolute atomic E-state index is 0.0469. The molecule has 1 amide bonds. The van der Waals surface area contributed by atoms with Crippen LogP contribution in [0.25, 0.3) is 6.08 Å². The average Bonchev–Trinajstić information content (AvgIpc) is 2.68. The van der Waals surface area contributed by atoms with Gasteiger partial charge < -0.3 is 14.8 Å². The third-order valence-electron chi connectivity index (χ3n) is 3.78. The van der Waals surface area contributed by atoms with Gasteiger partial charge in [0.25, 0.3) is 5.91 Å². The number of nitrogens with one attached hydrogen (secondary N) is 1. The Balaban J connectivity index is 2.27. The van der Waals surface area contributed by atoms with E-state index in [4.69, 9.17) is 16.3 Å². The van der Waals surface area contributed by atoms with Gasteiger partial charge in [-0.05, 0) is 36.3 Å². The van der Waals surface area contributed by atoms with Crippen LogP contribution in [0.3, 0.4) is 0 Å². The molecular weight excluding hydrogens is 390 g/mol. The maximum Gasteiger partial charge on any atom is 0.387 e. The van der Waals surface area contributed by atoms with Crippen LogP contribution in [-0.4, -0.2) is 19.6 Å². The molecule has 1 N–H and O–H groups in total. The molecule has 2 aromatic carbocycles. The van der Waals surface area contributed by atoms with Gasteiger partial charge in [-0.3, -0.25) is 4.79 Å². The Hall–Kier alpha value is -3.11. The van der Waals surface area contributed by atoms with Gasteiger partial charge in [0, 0.05) is 0 Å². The van der Waals surface area contributed by atoms with Crippen LogP contribution in [0.2, 0.25) is 5.02 Å². The molecule has 0 aliphatic heterocycles. The SMILES string of the molecule is COc1cc(/C=C(\C#N)C(=O)N[C@H](C)c2ccccc2)cc(Cl)c1OC(F)F. The summed E-state index contributed by atoms with van der Waals surface area (Å²) in [4.78, 5) is 12.4. The minimum atomic E-state index is -3.08. The number of benzene rings is 2. The Morgan fingerprint density at radius 3 is 2.54 bits per heavy atom. The first-order chi connectivity index (χ1) is 13.3. The molecule has 8 heteroatoms. The van der Waals surface area contributed by atoms with Gasteiger partial charge in [-0.2, -0.15) is 14.0 Å². The van der Waals surface area contributed by atoms with Crippen molar-refractivity contribution in [2.24, 2.45) is 0 Å². The molecule has 0 fully saturated rings. The van der Waals surface area contributed by atoms with E-state index in [9.17, 15) is 18.8 Å². The fraction of sp³-hybridized carbons (Fsp3) is 0.200. The number of methoxy groups -OCH3 is 1. The summed E-state index contributed by atoms with van der Waals surface area (Å²) in [6, 6.07) is 13.4. The van der Waals surface area contributed by atoms with Gasteiger partial charge in [0.15, 0.2) is 11.5 Å². The molecule has 0 unspecified atom stereocenters. The first-order valence-corrected chi connectivity index (χ1v) is 8.53. The second kappa shape index (κ2) is 9.72. The molecule has 146 valence electrons. The Labute approximate surface area is 166 Å². The maximum absolute atomic E-state index is 12.5. The smallest absolute Gasteiger partial charge is 0.387 e. The third-order valence-corrected chi connectivity index (χ3v) is 4.06. The molecule has 0 aliphatic rings. The lowest BCUT2D eigenvalue weighted by molar-refractivity contribution is -0.117. The second-order valence-corrected chi connectivity index (χ2v) is 6.10. The number of hydrogen-bond acceptors (Lipinski definition) is 4. The summed E-state index contributed by atoms with van der Waals surface area (Å²) < 4.78 is 34.4. The molecule has 0 saturated carbocycles. The number of rotatable bonds is 7. The molecule has 0 bridgehead atoms. The highest BCUT2D eigenvalue weighted by atomic mass is 35.5. The lowest BCUT2D eigenvalue weighted by Crippen LogP contribution is -2.27. The predicted molar refractivity (Wildman–Crippen MR) is 101 cm³/mol. The highest BCUT2D eigenvalue weighted by Crippen LogP contribution is 2.38. The number of carbonyl (C=O) groups is 1. The predicted octanol–water partition coefficient (Wildman–Crippen LogP) is 4.73. The van der Waals surface area contributed by atoms with E-state index >= 15 is 0 Å². The van der Waals surface area contributed by atoms with Crippen molar-refractivity contribution < 1.29 is 23.0 Å². The lowest BCUT2D eigenvalue weighted by Gasteiger charge is -2.14. The third kappa shape index (κ3) is 5.44. The van der Waals surface area contributed by atoms with E-state index in [-0.39, 0.29) is 28.1 Å². The molecule has 2 rings (SSSR count). The second-order valence-electron chi connectivity index (χ2n) is 5.69. The van der Waals surface area contributed by atoms with Crippen LogP contribution < -0.4 is 14.8 Å². The number of nitriles is 1. The van der Waals surface area contributed by atoms with Crippen molar-refractivity contribution in [1.82, 2.24) is 5.32 Å². The summed E-state index contributed by atoms with van der Waals surface area (Å²) >= 11 is 5.98. The van der Waals surface area contributed by atoms with E-state index in [2.05, 4.69) is 10.1 Å². The first kappa shape index (κ1) is 21.2. The number of carbonyl (C=O) groups excluding carboxylic acids is 1. The maximum atomic E-state index is 12.5. The molecule has 0 spiro atoms. The fourth-order valence-corrected chi connectivity index (χ4v) is 2.70. The highest BCUT2D eigenvalue weighted by Gasteiger charge is 2.18. The molecule has 5 nitrogen and oxygen atoms in total. The van der Waals surface area contributed by atoms with Crippen LogP contribution in [0.4, 0.5) is 8.78 Å². The molecule has 28 heavy (non-hydrogen) atoms. The van der Waals surface area contributed by atoms with Gasteiger partial charge in [-0.25, -0.2) is 0 Å². The Kier molecular flexibility index (Phi) is 7.36. The van der Waals surface area contributed by atoms with E-state index in [1.165, 1.54) is 25.3 Å².